The molecular formula is C16H31NO5. The van der Waals surface area contributed by atoms with E-state index in [-0.39, 0.29) is 12.3 Å². The summed E-state index contributed by atoms with van der Waals surface area (Å²) in [5.74, 6) is -0.568. The van der Waals surface area contributed by atoms with Crippen LogP contribution in [0.3, 0.4) is 0 Å². The Kier molecular flexibility index (Phi) is 7.35. The first-order chi connectivity index (χ1) is 9.71. The van der Waals surface area contributed by atoms with Crippen LogP contribution < -0.4 is 5.32 Å². The zero-order valence-corrected chi connectivity index (χ0v) is 15.0. The summed E-state index contributed by atoms with van der Waals surface area (Å²) < 4.78 is 10.4. The Morgan fingerprint density at radius 2 is 1.45 bits per heavy atom. The van der Waals surface area contributed by atoms with E-state index < -0.39 is 35.4 Å². The average Bonchev–Trinajstić information content (AvgIpc) is 2.19. The number of aliphatic hydroxyl groups is 1. The normalized spacial score (nSPS) is 15.2. The first-order valence-corrected chi connectivity index (χ1v) is 7.60. The number of ether oxygens (including phenoxy) is 2. The smallest absolute Gasteiger partial charge is 0.407 e. The molecule has 0 saturated heterocycles. The maximum Gasteiger partial charge on any atom is 0.407 e. The Morgan fingerprint density at radius 1 is 1.00 bits per heavy atom. The van der Waals surface area contributed by atoms with Crippen molar-refractivity contribution in [2.24, 2.45) is 5.92 Å². The topological polar surface area (TPSA) is 84.9 Å². The lowest BCUT2D eigenvalue weighted by Gasteiger charge is -2.29. The maximum absolute atomic E-state index is 11.8. The molecular weight excluding hydrogens is 286 g/mol. The molecule has 22 heavy (non-hydrogen) atoms. The van der Waals surface area contributed by atoms with Gasteiger partial charge in [0.15, 0.2) is 0 Å². The summed E-state index contributed by atoms with van der Waals surface area (Å²) in [5, 5.41) is 12.8. The molecule has 6 heteroatoms. The summed E-state index contributed by atoms with van der Waals surface area (Å²) in [7, 11) is 0. The highest BCUT2D eigenvalue weighted by molar-refractivity contribution is 5.71. The van der Waals surface area contributed by atoms with Gasteiger partial charge in [-0.15, -0.1) is 0 Å². The number of aliphatic hydroxyl groups excluding tert-OH is 1. The number of amides is 1. The van der Waals surface area contributed by atoms with E-state index >= 15 is 0 Å². The van der Waals surface area contributed by atoms with Crippen molar-refractivity contribution in [3.8, 4) is 0 Å². The number of alkyl carbamates (subject to hydrolysis) is 1. The van der Waals surface area contributed by atoms with Crippen LogP contribution in [0.1, 0.15) is 61.8 Å². The van der Waals surface area contributed by atoms with Crippen molar-refractivity contribution >= 4 is 12.1 Å². The second kappa shape index (κ2) is 7.81. The van der Waals surface area contributed by atoms with Crippen molar-refractivity contribution in [1.82, 2.24) is 5.32 Å². The zero-order valence-electron chi connectivity index (χ0n) is 15.0. The van der Waals surface area contributed by atoms with Gasteiger partial charge in [0, 0.05) is 0 Å². The number of nitrogens with one attached hydrogen (secondary N) is 1. The molecule has 0 bridgehead atoms. The molecule has 0 fully saturated rings. The molecule has 0 saturated carbocycles. The van der Waals surface area contributed by atoms with Gasteiger partial charge in [0.05, 0.1) is 18.6 Å². The summed E-state index contributed by atoms with van der Waals surface area (Å²) in [5.41, 5.74) is -1.23. The summed E-state index contributed by atoms with van der Waals surface area (Å²) in [6.07, 6.45) is -1.84. The van der Waals surface area contributed by atoms with Crippen molar-refractivity contribution < 1.29 is 24.2 Å². The molecule has 2 atom stereocenters. The third-order valence-corrected chi connectivity index (χ3v) is 2.61. The lowest BCUT2D eigenvalue weighted by Crippen LogP contribution is -2.49. The van der Waals surface area contributed by atoms with E-state index in [1.165, 1.54) is 0 Å². The number of carbonyl (C=O) groups excluding carboxylic acids is 2. The second-order valence-electron chi connectivity index (χ2n) is 7.77. The molecule has 0 rings (SSSR count). The fourth-order valence-corrected chi connectivity index (χ4v) is 1.83. The van der Waals surface area contributed by atoms with Crippen LogP contribution in [-0.2, 0) is 14.3 Å². The van der Waals surface area contributed by atoms with Crippen LogP contribution in [0.25, 0.3) is 0 Å². The van der Waals surface area contributed by atoms with E-state index in [0.717, 1.165) is 0 Å². The van der Waals surface area contributed by atoms with Gasteiger partial charge >= 0.3 is 12.1 Å². The van der Waals surface area contributed by atoms with Crippen LogP contribution in [0.15, 0.2) is 0 Å². The van der Waals surface area contributed by atoms with Crippen molar-refractivity contribution in [2.75, 3.05) is 0 Å². The molecule has 2 N–H and O–H groups in total. The minimum Gasteiger partial charge on any atom is -0.460 e. The molecule has 0 aliphatic rings. The number of carbonyl (C=O) groups is 2. The van der Waals surface area contributed by atoms with E-state index in [9.17, 15) is 14.7 Å². The Morgan fingerprint density at radius 3 is 1.82 bits per heavy atom. The fourth-order valence-electron chi connectivity index (χ4n) is 1.83. The third-order valence-electron chi connectivity index (χ3n) is 2.61. The minimum absolute atomic E-state index is 0.0649. The van der Waals surface area contributed by atoms with Crippen molar-refractivity contribution in [1.29, 1.82) is 0 Å². The molecule has 0 aromatic carbocycles. The van der Waals surface area contributed by atoms with Gasteiger partial charge in [0.25, 0.3) is 0 Å². The monoisotopic (exact) mass is 317 g/mol. The van der Waals surface area contributed by atoms with Crippen molar-refractivity contribution in [3.05, 3.63) is 0 Å². The van der Waals surface area contributed by atoms with Gasteiger partial charge in [-0.1, -0.05) is 13.8 Å². The van der Waals surface area contributed by atoms with E-state index in [2.05, 4.69) is 5.32 Å². The lowest BCUT2D eigenvalue weighted by molar-refractivity contribution is -0.157. The molecule has 0 aliphatic heterocycles. The summed E-state index contributed by atoms with van der Waals surface area (Å²) >= 11 is 0. The Hall–Kier alpha value is -1.30. The fraction of sp³-hybridized carbons (Fsp3) is 0.875. The summed E-state index contributed by atoms with van der Waals surface area (Å²) in [4.78, 5) is 23.6. The van der Waals surface area contributed by atoms with Gasteiger partial charge in [-0.3, -0.25) is 4.79 Å². The first kappa shape index (κ1) is 20.7. The predicted octanol–water partition coefficient (Wildman–Crippen LogP) is 2.63. The predicted molar refractivity (Wildman–Crippen MR) is 84.5 cm³/mol. The maximum atomic E-state index is 11.8. The number of esters is 1. The number of rotatable bonds is 5. The molecule has 0 aromatic rings. The summed E-state index contributed by atoms with van der Waals surface area (Å²) in [6.45, 7) is 14.2. The van der Waals surface area contributed by atoms with Gasteiger partial charge in [-0.05, 0) is 47.5 Å². The lowest BCUT2D eigenvalue weighted by atomic mass is 9.96. The molecule has 0 radical (unpaired) electrons. The van der Waals surface area contributed by atoms with E-state index in [0.29, 0.717) is 0 Å². The van der Waals surface area contributed by atoms with E-state index in [1.807, 2.05) is 13.8 Å². The van der Waals surface area contributed by atoms with Crippen LogP contribution >= 0.6 is 0 Å². The summed E-state index contributed by atoms with van der Waals surface area (Å²) in [6, 6.07) is -0.595. The minimum atomic E-state index is -1.04. The van der Waals surface area contributed by atoms with Crippen LogP contribution in [-0.4, -0.2) is 40.5 Å². The van der Waals surface area contributed by atoms with Crippen molar-refractivity contribution in [3.63, 3.8) is 0 Å². The molecule has 0 heterocycles. The molecule has 0 aliphatic carbocycles. The highest BCUT2D eigenvalue weighted by atomic mass is 16.6. The van der Waals surface area contributed by atoms with Gasteiger partial charge in [-0.2, -0.15) is 0 Å². The van der Waals surface area contributed by atoms with E-state index in [4.69, 9.17) is 9.47 Å². The Bertz CT molecular complexity index is 379. The second-order valence-corrected chi connectivity index (χ2v) is 7.77. The molecule has 1 amide bonds. The molecule has 130 valence electrons. The van der Waals surface area contributed by atoms with Crippen LogP contribution in [0.2, 0.25) is 0 Å². The Balaban J connectivity index is 4.68. The van der Waals surface area contributed by atoms with Gasteiger partial charge in [-0.25, -0.2) is 4.79 Å². The average molecular weight is 317 g/mol. The molecule has 0 aromatic heterocycles. The highest BCUT2D eigenvalue weighted by Gasteiger charge is 2.30. The van der Waals surface area contributed by atoms with E-state index in [1.54, 1.807) is 41.5 Å². The molecule has 0 spiro atoms. The first-order valence-electron chi connectivity index (χ1n) is 7.60. The Labute approximate surface area is 133 Å². The van der Waals surface area contributed by atoms with Gasteiger partial charge < -0.3 is 19.9 Å². The zero-order chi connectivity index (χ0) is 17.7. The third kappa shape index (κ3) is 9.60. The molecule has 6 nitrogen and oxygen atoms in total. The van der Waals surface area contributed by atoms with Gasteiger partial charge in [0.2, 0.25) is 0 Å². The molecule has 0 unspecified atom stereocenters. The standard InChI is InChI=1S/C16H31NO5/c1-10(2)13(17-14(20)22-16(6,7)8)11(18)9-12(19)21-15(3,4)5/h10-11,13,18H,9H2,1-8H3,(H,17,20)/t11-,13+/m1/s1. The SMILES string of the molecule is CC(C)[C@H](NC(=O)OC(C)(C)C)[C@H](O)CC(=O)OC(C)(C)C. The highest BCUT2D eigenvalue weighted by Crippen LogP contribution is 2.15. The van der Waals surface area contributed by atoms with Crippen LogP contribution in [0, 0.1) is 5.92 Å². The van der Waals surface area contributed by atoms with Crippen LogP contribution in [0.5, 0.6) is 0 Å². The van der Waals surface area contributed by atoms with Gasteiger partial charge in [0.1, 0.15) is 11.2 Å². The van der Waals surface area contributed by atoms with Crippen LogP contribution in [0.4, 0.5) is 4.79 Å². The number of hydrogen-bond donors (Lipinski definition) is 2. The largest absolute Gasteiger partial charge is 0.460 e. The van der Waals surface area contributed by atoms with Crippen molar-refractivity contribution in [2.45, 2.75) is 85.2 Å². The quantitative estimate of drug-likeness (QED) is 0.761. The number of hydrogen-bond acceptors (Lipinski definition) is 5.